The van der Waals surface area contributed by atoms with Gasteiger partial charge in [-0.3, -0.25) is 4.90 Å². The van der Waals surface area contributed by atoms with Gasteiger partial charge in [0.25, 0.3) is 0 Å². The van der Waals surface area contributed by atoms with Gasteiger partial charge >= 0.3 is 0 Å². The average molecular weight is 329 g/mol. The van der Waals surface area contributed by atoms with E-state index in [1.165, 1.54) is 16.8 Å². The van der Waals surface area contributed by atoms with Gasteiger partial charge < -0.3 is 5.73 Å². The fraction of sp³-hybridized carbons (Fsp3) is 0.400. The lowest BCUT2D eigenvalue weighted by Crippen LogP contribution is -2.23. The molecule has 22 heavy (non-hydrogen) atoms. The highest BCUT2D eigenvalue weighted by Crippen LogP contribution is 2.18. The fourth-order valence-corrected chi connectivity index (χ4v) is 2.73. The zero-order valence-electron chi connectivity index (χ0n) is 12.1. The molecule has 120 valence electrons. The first-order valence-electron chi connectivity index (χ1n) is 7.08. The molecule has 1 fully saturated rings. The Bertz CT molecular complexity index is 632. The topological polar surface area (TPSA) is 47.1 Å². The highest BCUT2D eigenvalue weighted by Gasteiger charge is 2.21. The monoisotopic (exact) mass is 328 g/mol. The highest BCUT2D eigenvalue weighted by molar-refractivity contribution is 5.85. The van der Waals surface area contributed by atoms with Crippen LogP contribution in [-0.2, 0) is 6.54 Å². The lowest BCUT2D eigenvalue weighted by Gasteiger charge is -2.13. The van der Waals surface area contributed by atoms with E-state index in [0.717, 1.165) is 37.8 Å². The van der Waals surface area contributed by atoms with Gasteiger partial charge in [-0.2, -0.15) is 5.10 Å². The van der Waals surface area contributed by atoms with Crippen LogP contribution >= 0.6 is 12.4 Å². The summed E-state index contributed by atoms with van der Waals surface area (Å²) in [5, 5.41) is 4.37. The van der Waals surface area contributed by atoms with E-state index in [1.807, 2.05) is 6.07 Å². The van der Waals surface area contributed by atoms with Crippen LogP contribution in [0.1, 0.15) is 12.1 Å². The molecular weight excluding hydrogens is 310 g/mol. The molecule has 1 aromatic carbocycles. The SMILES string of the molecule is Cl.NCC1CCN(Cc2ccn(-c3ccc(F)cc3F)n2)C1. The molecule has 1 aromatic heterocycles. The first-order valence-corrected chi connectivity index (χ1v) is 7.08. The molecular formula is C15H19ClF2N4. The van der Waals surface area contributed by atoms with Gasteiger partial charge in [0.05, 0.1) is 5.69 Å². The minimum absolute atomic E-state index is 0. The van der Waals surface area contributed by atoms with Gasteiger partial charge in [-0.15, -0.1) is 12.4 Å². The molecule has 1 aliphatic rings. The number of hydrogen-bond acceptors (Lipinski definition) is 3. The largest absolute Gasteiger partial charge is 0.330 e. The van der Waals surface area contributed by atoms with E-state index in [-0.39, 0.29) is 18.1 Å². The second kappa shape index (κ2) is 7.17. The molecule has 0 amide bonds. The molecule has 1 atom stereocenters. The number of hydrogen-bond donors (Lipinski definition) is 1. The maximum absolute atomic E-state index is 13.7. The van der Waals surface area contributed by atoms with Crippen molar-refractivity contribution in [2.24, 2.45) is 11.7 Å². The first kappa shape index (κ1) is 16.9. The van der Waals surface area contributed by atoms with Crippen molar-refractivity contribution in [2.75, 3.05) is 19.6 Å². The summed E-state index contributed by atoms with van der Waals surface area (Å²) in [4.78, 5) is 2.30. The third-order valence-electron chi connectivity index (χ3n) is 3.89. The van der Waals surface area contributed by atoms with E-state index in [1.54, 1.807) is 6.20 Å². The third kappa shape index (κ3) is 3.63. The van der Waals surface area contributed by atoms with E-state index >= 15 is 0 Å². The van der Waals surface area contributed by atoms with Crippen LogP contribution in [0.3, 0.4) is 0 Å². The van der Waals surface area contributed by atoms with E-state index < -0.39 is 11.6 Å². The second-order valence-electron chi connectivity index (χ2n) is 5.47. The Hall–Kier alpha value is -1.50. The molecule has 3 rings (SSSR count). The molecule has 0 saturated carbocycles. The number of aromatic nitrogens is 2. The molecule has 1 unspecified atom stereocenters. The van der Waals surface area contributed by atoms with Crippen LogP contribution in [0.15, 0.2) is 30.5 Å². The molecule has 7 heteroatoms. The van der Waals surface area contributed by atoms with Crippen LogP contribution in [-0.4, -0.2) is 34.3 Å². The van der Waals surface area contributed by atoms with Crippen LogP contribution in [0.4, 0.5) is 8.78 Å². The number of likely N-dealkylation sites (tertiary alicyclic amines) is 1. The van der Waals surface area contributed by atoms with Gasteiger partial charge in [0.2, 0.25) is 0 Å². The quantitative estimate of drug-likeness (QED) is 0.937. The zero-order valence-corrected chi connectivity index (χ0v) is 12.9. The summed E-state index contributed by atoms with van der Waals surface area (Å²) in [7, 11) is 0. The van der Waals surface area contributed by atoms with Crippen molar-refractivity contribution in [2.45, 2.75) is 13.0 Å². The van der Waals surface area contributed by atoms with Gasteiger partial charge in [-0.25, -0.2) is 13.5 Å². The smallest absolute Gasteiger partial charge is 0.151 e. The Balaban J connectivity index is 0.00000176. The second-order valence-corrected chi connectivity index (χ2v) is 5.47. The Morgan fingerprint density at radius 3 is 2.77 bits per heavy atom. The fourth-order valence-electron chi connectivity index (χ4n) is 2.73. The van der Waals surface area contributed by atoms with Gasteiger partial charge in [0, 0.05) is 25.4 Å². The molecule has 1 saturated heterocycles. The van der Waals surface area contributed by atoms with Gasteiger partial charge in [-0.05, 0) is 43.6 Å². The predicted octanol–water partition coefficient (Wildman–Crippen LogP) is 2.35. The number of benzene rings is 1. The number of nitrogens with zero attached hydrogens (tertiary/aromatic N) is 3. The minimum atomic E-state index is -0.617. The lowest BCUT2D eigenvalue weighted by atomic mass is 10.1. The highest BCUT2D eigenvalue weighted by atomic mass is 35.5. The van der Waals surface area contributed by atoms with Gasteiger partial charge in [0.1, 0.15) is 11.5 Å². The summed E-state index contributed by atoms with van der Waals surface area (Å²) in [6.07, 6.45) is 2.81. The summed E-state index contributed by atoms with van der Waals surface area (Å²) >= 11 is 0. The molecule has 2 heterocycles. The lowest BCUT2D eigenvalue weighted by molar-refractivity contribution is 0.313. The third-order valence-corrected chi connectivity index (χ3v) is 3.89. The molecule has 0 spiro atoms. The molecule has 0 radical (unpaired) electrons. The normalized spacial score (nSPS) is 18.4. The summed E-state index contributed by atoms with van der Waals surface area (Å²) in [6.45, 7) is 3.44. The van der Waals surface area contributed by atoms with Crippen molar-refractivity contribution in [1.29, 1.82) is 0 Å². The summed E-state index contributed by atoms with van der Waals surface area (Å²) < 4.78 is 28.1. The van der Waals surface area contributed by atoms with Gasteiger partial charge in [-0.1, -0.05) is 0 Å². The van der Waals surface area contributed by atoms with Crippen LogP contribution in [0, 0.1) is 17.6 Å². The molecule has 4 nitrogen and oxygen atoms in total. The van der Waals surface area contributed by atoms with E-state index in [4.69, 9.17) is 5.73 Å². The van der Waals surface area contributed by atoms with E-state index in [2.05, 4.69) is 10.00 Å². The summed E-state index contributed by atoms with van der Waals surface area (Å²) in [5.74, 6) is -0.649. The Morgan fingerprint density at radius 1 is 1.27 bits per heavy atom. The molecule has 0 bridgehead atoms. The van der Waals surface area contributed by atoms with E-state index in [0.29, 0.717) is 12.5 Å². The van der Waals surface area contributed by atoms with E-state index in [9.17, 15) is 8.78 Å². The van der Waals surface area contributed by atoms with Crippen LogP contribution in [0.25, 0.3) is 5.69 Å². The van der Waals surface area contributed by atoms with Crippen molar-refractivity contribution in [1.82, 2.24) is 14.7 Å². The Kier molecular flexibility index (Phi) is 5.50. The number of rotatable bonds is 4. The van der Waals surface area contributed by atoms with Crippen molar-refractivity contribution in [3.63, 3.8) is 0 Å². The zero-order chi connectivity index (χ0) is 14.8. The van der Waals surface area contributed by atoms with Crippen molar-refractivity contribution in [3.05, 3.63) is 47.8 Å². The van der Waals surface area contributed by atoms with Gasteiger partial charge in [0.15, 0.2) is 5.82 Å². The molecule has 2 aromatic rings. The average Bonchev–Trinajstić information content (AvgIpc) is 3.08. The van der Waals surface area contributed by atoms with Crippen molar-refractivity contribution in [3.8, 4) is 5.69 Å². The predicted molar refractivity (Wildman–Crippen MR) is 83.2 cm³/mol. The minimum Gasteiger partial charge on any atom is -0.330 e. The van der Waals surface area contributed by atoms with Crippen molar-refractivity contribution < 1.29 is 8.78 Å². The summed E-state index contributed by atoms with van der Waals surface area (Å²) in [6, 6.07) is 5.34. The standard InChI is InChI=1S/C15H18F2N4.ClH/c16-12-1-2-15(14(17)7-12)21-6-4-13(19-21)10-20-5-3-11(8-18)9-20;/h1-2,4,6-7,11H,3,5,8-10,18H2;1H. The first-order chi connectivity index (χ1) is 10.2. The van der Waals surface area contributed by atoms with Crippen LogP contribution < -0.4 is 5.73 Å². The number of halogens is 3. The molecule has 2 N–H and O–H groups in total. The number of nitrogens with two attached hydrogens (primary N) is 1. The van der Waals surface area contributed by atoms with Crippen LogP contribution in [0.2, 0.25) is 0 Å². The maximum atomic E-state index is 13.7. The Morgan fingerprint density at radius 2 is 2.09 bits per heavy atom. The molecule has 1 aliphatic heterocycles. The van der Waals surface area contributed by atoms with Crippen LogP contribution in [0.5, 0.6) is 0 Å². The Labute approximate surface area is 134 Å². The molecule has 0 aliphatic carbocycles. The maximum Gasteiger partial charge on any atom is 0.151 e. The van der Waals surface area contributed by atoms with Crippen molar-refractivity contribution >= 4 is 12.4 Å². The summed E-state index contributed by atoms with van der Waals surface area (Å²) in [5.41, 5.74) is 6.80.